The Labute approximate surface area is 119 Å². The van der Waals surface area contributed by atoms with Gasteiger partial charge in [0.05, 0.1) is 6.61 Å². The molecule has 0 aliphatic heterocycles. The lowest BCUT2D eigenvalue weighted by atomic mass is 10.2. The summed E-state index contributed by atoms with van der Waals surface area (Å²) in [6.07, 6.45) is 0.0245. The van der Waals surface area contributed by atoms with E-state index in [-0.39, 0.29) is 6.54 Å². The van der Waals surface area contributed by atoms with Crippen LogP contribution >= 0.6 is 0 Å². The van der Waals surface area contributed by atoms with E-state index in [4.69, 9.17) is 9.47 Å². The Morgan fingerprint density at radius 1 is 1.15 bits per heavy atom. The van der Waals surface area contributed by atoms with Crippen molar-refractivity contribution in [1.82, 2.24) is 5.32 Å². The maximum absolute atomic E-state index is 11.4. The van der Waals surface area contributed by atoms with Crippen molar-refractivity contribution in [3.8, 4) is 0 Å². The van der Waals surface area contributed by atoms with Gasteiger partial charge in [-0.2, -0.15) is 0 Å². The van der Waals surface area contributed by atoms with Crippen LogP contribution < -0.4 is 5.32 Å². The third-order valence-corrected chi connectivity index (χ3v) is 2.27. The van der Waals surface area contributed by atoms with Crippen LogP contribution in [0, 0.1) is 0 Å². The van der Waals surface area contributed by atoms with Gasteiger partial charge in [0.15, 0.2) is 0 Å². The van der Waals surface area contributed by atoms with Gasteiger partial charge in [-0.3, -0.25) is 4.79 Å². The summed E-state index contributed by atoms with van der Waals surface area (Å²) < 4.78 is 10.0. The Morgan fingerprint density at radius 3 is 2.40 bits per heavy atom. The summed E-state index contributed by atoms with van der Waals surface area (Å²) in [6, 6.07) is 9.72. The molecule has 0 aromatic heterocycles. The van der Waals surface area contributed by atoms with Crippen molar-refractivity contribution >= 4 is 12.1 Å². The molecule has 0 spiro atoms. The van der Waals surface area contributed by atoms with Gasteiger partial charge in [0, 0.05) is 6.42 Å². The smallest absolute Gasteiger partial charge is 0.408 e. The number of carbonyl (C=O) groups is 2. The number of amides is 1. The zero-order valence-corrected chi connectivity index (χ0v) is 12.1. The number of hydrogen-bond donors (Lipinski definition) is 1. The molecule has 0 heterocycles. The maximum Gasteiger partial charge on any atom is 0.408 e. The normalized spacial score (nSPS) is 10.8. The van der Waals surface area contributed by atoms with Crippen molar-refractivity contribution in [2.24, 2.45) is 0 Å². The Hall–Kier alpha value is -2.04. The largest absolute Gasteiger partial charge is 0.464 e. The fourth-order valence-corrected chi connectivity index (χ4v) is 1.44. The Morgan fingerprint density at radius 2 is 1.80 bits per heavy atom. The molecule has 0 saturated heterocycles. The van der Waals surface area contributed by atoms with Crippen LogP contribution in [0.4, 0.5) is 4.79 Å². The third-order valence-electron chi connectivity index (χ3n) is 2.27. The van der Waals surface area contributed by atoms with Crippen LogP contribution in [-0.4, -0.2) is 30.8 Å². The highest BCUT2D eigenvalue weighted by Gasteiger charge is 2.16. The highest BCUT2D eigenvalue weighted by Crippen LogP contribution is 2.06. The monoisotopic (exact) mass is 279 g/mol. The van der Waals surface area contributed by atoms with Gasteiger partial charge in [-0.25, -0.2) is 4.79 Å². The molecular weight excluding hydrogens is 258 g/mol. The summed E-state index contributed by atoms with van der Waals surface area (Å²) in [6.45, 7) is 5.36. The summed E-state index contributed by atoms with van der Waals surface area (Å²) in [4.78, 5) is 22.7. The average Bonchev–Trinajstić information content (AvgIpc) is 2.36. The van der Waals surface area contributed by atoms with Gasteiger partial charge in [0.2, 0.25) is 0 Å². The first-order valence-corrected chi connectivity index (χ1v) is 6.53. The van der Waals surface area contributed by atoms with Crippen LogP contribution in [0.3, 0.4) is 0 Å². The van der Waals surface area contributed by atoms with Crippen molar-refractivity contribution in [3.63, 3.8) is 0 Å². The fraction of sp³-hybridized carbons (Fsp3) is 0.467. The molecular formula is C15H21NO4. The minimum atomic E-state index is -0.627. The van der Waals surface area contributed by atoms with Gasteiger partial charge in [0.25, 0.3) is 0 Å². The van der Waals surface area contributed by atoms with E-state index in [2.05, 4.69) is 5.32 Å². The summed E-state index contributed by atoms with van der Waals surface area (Å²) in [7, 11) is 0. The summed E-state index contributed by atoms with van der Waals surface area (Å²) in [5, 5.41) is 2.35. The minimum Gasteiger partial charge on any atom is -0.464 e. The summed E-state index contributed by atoms with van der Waals surface area (Å²) in [5.41, 5.74) is 0.516. The lowest BCUT2D eigenvalue weighted by Crippen LogP contribution is -2.36. The predicted molar refractivity (Wildman–Crippen MR) is 75.3 cm³/mol. The second kappa shape index (κ2) is 7.53. The molecule has 5 nitrogen and oxygen atoms in total. The van der Waals surface area contributed by atoms with Crippen LogP contribution in [0.1, 0.15) is 26.3 Å². The fourth-order valence-electron chi connectivity index (χ4n) is 1.44. The molecule has 0 atom stereocenters. The third kappa shape index (κ3) is 7.41. The van der Waals surface area contributed by atoms with E-state index in [0.29, 0.717) is 13.0 Å². The van der Waals surface area contributed by atoms with Crippen LogP contribution in [0.15, 0.2) is 30.3 Å². The summed E-state index contributed by atoms with van der Waals surface area (Å²) in [5.74, 6) is -0.480. The molecule has 5 heteroatoms. The van der Waals surface area contributed by atoms with Crippen molar-refractivity contribution in [3.05, 3.63) is 35.9 Å². The lowest BCUT2D eigenvalue weighted by Gasteiger charge is -2.19. The minimum absolute atomic E-state index is 0.191. The zero-order chi connectivity index (χ0) is 15.0. The highest BCUT2D eigenvalue weighted by atomic mass is 16.6. The zero-order valence-electron chi connectivity index (χ0n) is 12.1. The summed E-state index contributed by atoms with van der Waals surface area (Å²) >= 11 is 0. The van der Waals surface area contributed by atoms with E-state index in [1.54, 1.807) is 20.8 Å². The van der Waals surface area contributed by atoms with Crippen molar-refractivity contribution in [1.29, 1.82) is 0 Å². The maximum atomic E-state index is 11.4. The van der Waals surface area contributed by atoms with Crippen molar-refractivity contribution in [2.75, 3.05) is 13.2 Å². The molecule has 0 aliphatic rings. The van der Waals surface area contributed by atoms with E-state index >= 15 is 0 Å². The number of nitrogens with one attached hydrogen (secondary N) is 1. The van der Waals surface area contributed by atoms with Gasteiger partial charge in [-0.15, -0.1) is 0 Å². The van der Waals surface area contributed by atoms with E-state index in [9.17, 15) is 9.59 Å². The quantitative estimate of drug-likeness (QED) is 0.840. The SMILES string of the molecule is CC(C)(C)OC(=O)NCC(=O)OCCc1ccccc1. The van der Waals surface area contributed by atoms with Gasteiger partial charge < -0.3 is 14.8 Å². The molecule has 1 N–H and O–H groups in total. The number of esters is 1. The van der Waals surface area contributed by atoms with E-state index in [1.807, 2.05) is 30.3 Å². The Bertz CT molecular complexity index is 437. The molecule has 0 radical (unpaired) electrons. The van der Waals surface area contributed by atoms with Crippen LogP contribution in [0.2, 0.25) is 0 Å². The number of benzene rings is 1. The number of carbonyl (C=O) groups excluding carboxylic acids is 2. The molecule has 0 unspecified atom stereocenters. The number of ether oxygens (including phenoxy) is 2. The van der Waals surface area contributed by atoms with Gasteiger partial charge >= 0.3 is 12.1 Å². The molecule has 110 valence electrons. The lowest BCUT2D eigenvalue weighted by molar-refractivity contribution is -0.142. The number of alkyl carbamates (subject to hydrolysis) is 1. The number of hydrogen-bond acceptors (Lipinski definition) is 4. The molecule has 0 bridgehead atoms. The second-order valence-corrected chi connectivity index (χ2v) is 5.31. The molecule has 1 aromatic carbocycles. The van der Waals surface area contributed by atoms with Gasteiger partial charge in [-0.05, 0) is 26.3 Å². The first-order valence-electron chi connectivity index (χ1n) is 6.53. The van der Waals surface area contributed by atoms with Crippen LogP contribution in [-0.2, 0) is 20.7 Å². The van der Waals surface area contributed by atoms with E-state index in [1.165, 1.54) is 0 Å². The molecule has 0 aliphatic carbocycles. The second-order valence-electron chi connectivity index (χ2n) is 5.31. The number of rotatable bonds is 5. The highest BCUT2D eigenvalue weighted by molar-refractivity contribution is 5.77. The van der Waals surface area contributed by atoms with Gasteiger partial charge in [-0.1, -0.05) is 30.3 Å². The van der Waals surface area contributed by atoms with E-state index < -0.39 is 17.7 Å². The molecule has 1 aromatic rings. The predicted octanol–water partition coefficient (Wildman–Crippen LogP) is 2.30. The van der Waals surface area contributed by atoms with Crippen molar-refractivity contribution in [2.45, 2.75) is 32.8 Å². The first kappa shape index (κ1) is 16.0. The van der Waals surface area contributed by atoms with E-state index in [0.717, 1.165) is 5.56 Å². The van der Waals surface area contributed by atoms with Crippen LogP contribution in [0.5, 0.6) is 0 Å². The molecule has 1 rings (SSSR count). The molecule has 0 fully saturated rings. The standard InChI is InChI=1S/C15H21NO4/c1-15(2,3)20-14(18)16-11-13(17)19-10-9-12-7-5-4-6-8-12/h4-8H,9-11H2,1-3H3,(H,16,18). The molecule has 20 heavy (non-hydrogen) atoms. The molecule has 0 saturated carbocycles. The Balaban J connectivity index is 2.16. The average molecular weight is 279 g/mol. The molecule has 1 amide bonds. The van der Waals surface area contributed by atoms with Crippen LogP contribution in [0.25, 0.3) is 0 Å². The Kier molecular flexibility index (Phi) is 6.03. The first-order chi connectivity index (χ1) is 9.37. The van der Waals surface area contributed by atoms with Crippen molar-refractivity contribution < 1.29 is 19.1 Å². The van der Waals surface area contributed by atoms with Gasteiger partial charge in [0.1, 0.15) is 12.1 Å². The topological polar surface area (TPSA) is 64.6 Å².